The molecule has 3 nitrogen and oxygen atoms in total. The second-order valence-electron chi connectivity index (χ2n) is 6.20. The molecule has 0 aliphatic rings. The smallest absolute Gasteiger partial charge is 0.320 e. The van der Waals surface area contributed by atoms with Crippen molar-refractivity contribution in [2.45, 2.75) is 64.5 Å². The van der Waals surface area contributed by atoms with Gasteiger partial charge in [0, 0.05) is 6.04 Å². The molecule has 2 unspecified atom stereocenters. The van der Waals surface area contributed by atoms with Crippen LogP contribution in [0.5, 0.6) is 0 Å². The highest BCUT2D eigenvalue weighted by atomic mass is 16.4. The van der Waals surface area contributed by atoms with Crippen LogP contribution in [-0.2, 0) is 10.2 Å². The standard InChI is InChI=1S/C17H27NO2/c1-5-9-15(16(19)20)18-13(2)12-17(3,4)14-10-7-6-8-11-14/h6-8,10-11,13,15,18H,5,9,12H2,1-4H3,(H,19,20). The molecule has 0 fully saturated rings. The van der Waals surface area contributed by atoms with Crippen LogP contribution in [0.3, 0.4) is 0 Å². The molecule has 0 spiro atoms. The topological polar surface area (TPSA) is 49.3 Å². The van der Waals surface area contributed by atoms with Crippen LogP contribution in [0.15, 0.2) is 30.3 Å². The minimum absolute atomic E-state index is 0.0307. The summed E-state index contributed by atoms with van der Waals surface area (Å²) in [5.41, 5.74) is 1.32. The second-order valence-corrected chi connectivity index (χ2v) is 6.20. The zero-order valence-corrected chi connectivity index (χ0v) is 13.0. The molecule has 1 aromatic rings. The summed E-state index contributed by atoms with van der Waals surface area (Å²) in [7, 11) is 0. The first-order chi connectivity index (χ1) is 9.36. The Morgan fingerprint density at radius 3 is 2.40 bits per heavy atom. The van der Waals surface area contributed by atoms with Gasteiger partial charge in [0.05, 0.1) is 0 Å². The van der Waals surface area contributed by atoms with Gasteiger partial charge in [-0.2, -0.15) is 0 Å². The van der Waals surface area contributed by atoms with Gasteiger partial charge in [0.15, 0.2) is 0 Å². The maximum atomic E-state index is 11.2. The number of nitrogens with one attached hydrogen (secondary N) is 1. The maximum absolute atomic E-state index is 11.2. The van der Waals surface area contributed by atoms with Gasteiger partial charge in [-0.1, -0.05) is 57.5 Å². The van der Waals surface area contributed by atoms with Crippen LogP contribution in [0.2, 0.25) is 0 Å². The van der Waals surface area contributed by atoms with Gasteiger partial charge < -0.3 is 10.4 Å². The average Bonchev–Trinajstić information content (AvgIpc) is 2.38. The number of rotatable bonds is 8. The molecule has 1 rings (SSSR count). The fourth-order valence-corrected chi connectivity index (χ4v) is 2.74. The van der Waals surface area contributed by atoms with Crippen LogP contribution in [0.4, 0.5) is 0 Å². The van der Waals surface area contributed by atoms with Gasteiger partial charge in [0.1, 0.15) is 6.04 Å². The summed E-state index contributed by atoms with van der Waals surface area (Å²) in [6.07, 6.45) is 2.45. The monoisotopic (exact) mass is 277 g/mol. The Hall–Kier alpha value is -1.35. The van der Waals surface area contributed by atoms with Crippen LogP contribution in [0.25, 0.3) is 0 Å². The van der Waals surface area contributed by atoms with Crippen LogP contribution < -0.4 is 5.32 Å². The zero-order valence-electron chi connectivity index (χ0n) is 13.0. The molecule has 2 N–H and O–H groups in total. The lowest BCUT2D eigenvalue weighted by molar-refractivity contribution is -0.139. The summed E-state index contributed by atoms with van der Waals surface area (Å²) < 4.78 is 0. The zero-order chi connectivity index (χ0) is 15.2. The molecule has 0 radical (unpaired) electrons. The van der Waals surface area contributed by atoms with Crippen LogP contribution in [0.1, 0.15) is 52.5 Å². The predicted molar refractivity (Wildman–Crippen MR) is 83.0 cm³/mol. The second kappa shape index (κ2) is 7.44. The Kier molecular flexibility index (Phi) is 6.21. The Balaban J connectivity index is 2.65. The number of carboxylic acid groups (broad SMARTS) is 1. The molecule has 0 amide bonds. The van der Waals surface area contributed by atoms with Crippen molar-refractivity contribution in [3.8, 4) is 0 Å². The Labute approximate surface area is 122 Å². The largest absolute Gasteiger partial charge is 0.480 e. The van der Waals surface area contributed by atoms with E-state index < -0.39 is 12.0 Å². The van der Waals surface area contributed by atoms with E-state index >= 15 is 0 Å². The molecule has 0 saturated carbocycles. The van der Waals surface area contributed by atoms with Crippen molar-refractivity contribution in [3.05, 3.63) is 35.9 Å². The number of carbonyl (C=O) groups is 1. The molecule has 1 aromatic carbocycles. The van der Waals surface area contributed by atoms with Crippen molar-refractivity contribution in [1.29, 1.82) is 0 Å². The Morgan fingerprint density at radius 2 is 1.90 bits per heavy atom. The highest BCUT2D eigenvalue weighted by Gasteiger charge is 2.26. The molecule has 0 bridgehead atoms. The van der Waals surface area contributed by atoms with E-state index in [1.54, 1.807) is 0 Å². The van der Waals surface area contributed by atoms with E-state index in [9.17, 15) is 9.90 Å². The summed E-state index contributed by atoms with van der Waals surface area (Å²) in [6, 6.07) is 10.1. The molecule has 0 heterocycles. The van der Waals surface area contributed by atoms with Crippen molar-refractivity contribution in [2.24, 2.45) is 0 Å². The van der Waals surface area contributed by atoms with Gasteiger partial charge in [-0.3, -0.25) is 4.79 Å². The molecular weight excluding hydrogens is 250 g/mol. The van der Waals surface area contributed by atoms with E-state index in [0.717, 1.165) is 12.8 Å². The fraction of sp³-hybridized carbons (Fsp3) is 0.588. The lowest BCUT2D eigenvalue weighted by atomic mass is 9.79. The lowest BCUT2D eigenvalue weighted by Gasteiger charge is -2.30. The highest BCUT2D eigenvalue weighted by molar-refractivity contribution is 5.73. The summed E-state index contributed by atoms with van der Waals surface area (Å²) in [5, 5.41) is 12.4. The summed E-state index contributed by atoms with van der Waals surface area (Å²) >= 11 is 0. The fourth-order valence-electron chi connectivity index (χ4n) is 2.74. The molecular formula is C17H27NO2. The number of hydrogen-bond acceptors (Lipinski definition) is 2. The quantitative estimate of drug-likeness (QED) is 0.763. The predicted octanol–water partition coefficient (Wildman–Crippen LogP) is 3.59. The normalized spacial score (nSPS) is 14.8. The van der Waals surface area contributed by atoms with E-state index in [1.807, 2.05) is 25.1 Å². The third-order valence-electron chi connectivity index (χ3n) is 3.73. The van der Waals surface area contributed by atoms with E-state index in [0.29, 0.717) is 6.42 Å². The molecule has 0 saturated heterocycles. The number of benzene rings is 1. The van der Waals surface area contributed by atoms with Gasteiger partial charge >= 0.3 is 5.97 Å². The Morgan fingerprint density at radius 1 is 1.30 bits per heavy atom. The van der Waals surface area contributed by atoms with Gasteiger partial charge in [0.25, 0.3) is 0 Å². The molecule has 20 heavy (non-hydrogen) atoms. The average molecular weight is 277 g/mol. The first-order valence-electron chi connectivity index (χ1n) is 7.41. The third-order valence-corrected chi connectivity index (χ3v) is 3.73. The summed E-state index contributed by atoms with van der Waals surface area (Å²) in [6.45, 7) is 8.48. The van der Waals surface area contributed by atoms with Crippen LogP contribution in [-0.4, -0.2) is 23.2 Å². The van der Waals surface area contributed by atoms with Crippen LogP contribution >= 0.6 is 0 Å². The summed E-state index contributed by atoms with van der Waals surface area (Å²) in [4.78, 5) is 11.2. The number of carboxylic acids is 1. The van der Waals surface area contributed by atoms with E-state index in [4.69, 9.17) is 0 Å². The van der Waals surface area contributed by atoms with E-state index in [-0.39, 0.29) is 11.5 Å². The number of aliphatic carboxylic acids is 1. The van der Waals surface area contributed by atoms with Gasteiger partial charge in [-0.25, -0.2) is 0 Å². The molecule has 112 valence electrons. The SMILES string of the molecule is CCCC(NC(C)CC(C)(C)c1ccccc1)C(=O)O. The van der Waals surface area contributed by atoms with Crippen molar-refractivity contribution in [1.82, 2.24) is 5.32 Å². The minimum atomic E-state index is -0.754. The highest BCUT2D eigenvalue weighted by Crippen LogP contribution is 2.28. The lowest BCUT2D eigenvalue weighted by Crippen LogP contribution is -2.44. The molecule has 3 heteroatoms. The molecule has 2 atom stereocenters. The van der Waals surface area contributed by atoms with Gasteiger partial charge in [-0.15, -0.1) is 0 Å². The Bertz CT molecular complexity index is 414. The van der Waals surface area contributed by atoms with Crippen molar-refractivity contribution >= 4 is 5.97 Å². The summed E-state index contributed by atoms with van der Waals surface area (Å²) in [5.74, 6) is -0.754. The van der Waals surface area contributed by atoms with Crippen molar-refractivity contribution in [3.63, 3.8) is 0 Å². The van der Waals surface area contributed by atoms with Crippen LogP contribution in [0, 0.1) is 0 Å². The van der Waals surface area contributed by atoms with E-state index in [2.05, 4.69) is 38.2 Å². The maximum Gasteiger partial charge on any atom is 0.320 e. The molecule has 0 aliphatic carbocycles. The number of hydrogen-bond donors (Lipinski definition) is 2. The first kappa shape index (κ1) is 16.7. The van der Waals surface area contributed by atoms with Crippen molar-refractivity contribution in [2.75, 3.05) is 0 Å². The van der Waals surface area contributed by atoms with Crippen molar-refractivity contribution < 1.29 is 9.90 Å². The minimum Gasteiger partial charge on any atom is -0.480 e. The third kappa shape index (κ3) is 4.97. The van der Waals surface area contributed by atoms with E-state index in [1.165, 1.54) is 5.56 Å². The van der Waals surface area contributed by atoms with Gasteiger partial charge in [0.2, 0.25) is 0 Å². The van der Waals surface area contributed by atoms with Gasteiger partial charge in [-0.05, 0) is 30.7 Å². The first-order valence-corrected chi connectivity index (χ1v) is 7.41. The molecule has 0 aliphatic heterocycles. The molecule has 0 aromatic heterocycles.